The molecule has 1 aliphatic heterocycles. The zero-order valence-electron chi connectivity index (χ0n) is 20.4. The van der Waals surface area contributed by atoms with Crippen LogP contribution in [0.1, 0.15) is 79.6 Å². The number of ether oxygens (including phenoxy) is 5. The van der Waals surface area contributed by atoms with Crippen LogP contribution in [0.4, 0.5) is 0 Å². The van der Waals surface area contributed by atoms with Crippen LogP contribution in [0.25, 0.3) is 0 Å². The van der Waals surface area contributed by atoms with Gasteiger partial charge in [-0.3, -0.25) is 19.2 Å². The van der Waals surface area contributed by atoms with Crippen molar-refractivity contribution in [2.75, 3.05) is 13.2 Å². The molecule has 0 saturated carbocycles. The van der Waals surface area contributed by atoms with E-state index in [0.29, 0.717) is 6.61 Å². The van der Waals surface area contributed by atoms with E-state index in [-0.39, 0.29) is 6.61 Å². The Balaban J connectivity index is 2.95. The molecular formula is C23H39NO9. The number of unbranched alkanes of at least 4 members (excludes halogenated alkanes) is 6. The number of hydrogen-bond acceptors (Lipinski definition) is 9. The van der Waals surface area contributed by atoms with Crippen molar-refractivity contribution in [1.82, 2.24) is 5.32 Å². The lowest BCUT2D eigenvalue weighted by Gasteiger charge is -2.44. The number of esters is 3. The molecule has 1 fully saturated rings. The molecule has 0 spiro atoms. The minimum Gasteiger partial charge on any atom is -0.463 e. The minimum atomic E-state index is -1.11. The molecular weight excluding hydrogens is 434 g/mol. The zero-order valence-corrected chi connectivity index (χ0v) is 20.4. The Morgan fingerprint density at radius 2 is 1.36 bits per heavy atom. The molecule has 1 amide bonds. The van der Waals surface area contributed by atoms with Crippen molar-refractivity contribution < 1.29 is 42.9 Å². The van der Waals surface area contributed by atoms with Gasteiger partial charge in [-0.15, -0.1) is 0 Å². The van der Waals surface area contributed by atoms with Gasteiger partial charge in [-0.1, -0.05) is 45.4 Å². The summed E-state index contributed by atoms with van der Waals surface area (Å²) >= 11 is 0. The van der Waals surface area contributed by atoms with Crippen LogP contribution < -0.4 is 5.32 Å². The maximum atomic E-state index is 11.9. The molecule has 33 heavy (non-hydrogen) atoms. The molecule has 0 aromatic rings. The third-order valence-electron chi connectivity index (χ3n) is 5.10. The summed E-state index contributed by atoms with van der Waals surface area (Å²) in [6.45, 7) is 7.25. The summed E-state index contributed by atoms with van der Waals surface area (Å²) in [6, 6.07) is -0.922. The van der Waals surface area contributed by atoms with Crippen LogP contribution in [-0.4, -0.2) is 67.7 Å². The van der Waals surface area contributed by atoms with Crippen LogP contribution in [0.2, 0.25) is 0 Å². The molecule has 0 unspecified atom stereocenters. The standard InChI is InChI=1S/C23H39NO9/c1-6-7-8-9-10-11-12-13-29-23-20(24-15(2)25)22(32-18(5)28)21(31-17(4)27)19(33-23)14-30-16(3)26/h19-23H,6-14H2,1-5H3,(H,24,25)/t19-,20-,21+,22+,23-/m1/s1. The van der Waals surface area contributed by atoms with Crippen LogP contribution in [0, 0.1) is 0 Å². The smallest absolute Gasteiger partial charge is 0.303 e. The Hall–Kier alpha value is -2.20. The Kier molecular flexibility index (Phi) is 13.6. The van der Waals surface area contributed by atoms with Crippen LogP contribution in [0.3, 0.4) is 0 Å². The molecule has 0 aromatic heterocycles. The van der Waals surface area contributed by atoms with Crippen molar-refractivity contribution >= 4 is 23.8 Å². The normalized spacial score (nSPS) is 24.6. The molecule has 190 valence electrons. The van der Waals surface area contributed by atoms with Gasteiger partial charge in [0, 0.05) is 34.3 Å². The summed E-state index contributed by atoms with van der Waals surface area (Å²) in [4.78, 5) is 46.8. The number of carbonyl (C=O) groups is 4. The van der Waals surface area contributed by atoms with Gasteiger partial charge < -0.3 is 29.0 Å². The van der Waals surface area contributed by atoms with E-state index < -0.39 is 54.5 Å². The van der Waals surface area contributed by atoms with Crippen LogP contribution in [0.15, 0.2) is 0 Å². The van der Waals surface area contributed by atoms with Gasteiger partial charge in [-0.2, -0.15) is 0 Å². The van der Waals surface area contributed by atoms with Gasteiger partial charge in [-0.25, -0.2) is 0 Å². The second-order valence-electron chi connectivity index (χ2n) is 8.21. The monoisotopic (exact) mass is 473 g/mol. The average molecular weight is 474 g/mol. The van der Waals surface area contributed by atoms with Gasteiger partial charge >= 0.3 is 17.9 Å². The molecule has 1 aliphatic rings. The second kappa shape index (κ2) is 15.6. The van der Waals surface area contributed by atoms with E-state index in [0.717, 1.165) is 19.3 Å². The second-order valence-corrected chi connectivity index (χ2v) is 8.21. The summed E-state index contributed by atoms with van der Waals surface area (Å²) in [5.74, 6) is -2.22. The van der Waals surface area contributed by atoms with Gasteiger partial charge in [0.1, 0.15) is 18.8 Å². The van der Waals surface area contributed by atoms with Gasteiger partial charge in [-0.05, 0) is 6.42 Å². The van der Waals surface area contributed by atoms with Gasteiger partial charge in [0.15, 0.2) is 18.5 Å². The van der Waals surface area contributed by atoms with Crippen molar-refractivity contribution in [2.24, 2.45) is 0 Å². The maximum Gasteiger partial charge on any atom is 0.303 e. The highest BCUT2D eigenvalue weighted by atomic mass is 16.7. The number of rotatable bonds is 14. The summed E-state index contributed by atoms with van der Waals surface area (Å²) in [7, 11) is 0. The number of hydrogen-bond donors (Lipinski definition) is 1. The van der Waals surface area contributed by atoms with E-state index in [4.69, 9.17) is 23.7 Å². The van der Waals surface area contributed by atoms with E-state index >= 15 is 0 Å². The lowest BCUT2D eigenvalue weighted by atomic mass is 9.96. The van der Waals surface area contributed by atoms with E-state index in [1.165, 1.54) is 53.4 Å². The first-order chi connectivity index (χ1) is 15.6. The van der Waals surface area contributed by atoms with Crippen LogP contribution in [-0.2, 0) is 42.9 Å². The third-order valence-corrected chi connectivity index (χ3v) is 5.10. The predicted molar refractivity (Wildman–Crippen MR) is 118 cm³/mol. The number of carbonyl (C=O) groups excluding carboxylic acids is 4. The Labute approximate surface area is 196 Å². The summed E-state index contributed by atoms with van der Waals surface area (Å²) in [5.41, 5.74) is 0. The molecule has 1 saturated heterocycles. The lowest BCUT2D eigenvalue weighted by Crippen LogP contribution is -2.66. The average Bonchev–Trinajstić information content (AvgIpc) is 2.71. The highest BCUT2D eigenvalue weighted by Crippen LogP contribution is 2.28. The topological polar surface area (TPSA) is 126 Å². The van der Waals surface area contributed by atoms with Gasteiger partial charge in [0.05, 0.1) is 0 Å². The molecule has 0 aliphatic carbocycles. The molecule has 1 rings (SSSR count). The van der Waals surface area contributed by atoms with Crippen LogP contribution in [0.5, 0.6) is 0 Å². The maximum absolute atomic E-state index is 11.9. The van der Waals surface area contributed by atoms with E-state index in [2.05, 4.69) is 12.2 Å². The number of amides is 1. The summed E-state index contributed by atoms with van der Waals surface area (Å²) in [5, 5.41) is 2.69. The van der Waals surface area contributed by atoms with Crippen molar-refractivity contribution in [1.29, 1.82) is 0 Å². The molecule has 1 heterocycles. The Morgan fingerprint density at radius 1 is 0.788 bits per heavy atom. The molecule has 5 atom stereocenters. The molecule has 10 heteroatoms. The number of nitrogens with one attached hydrogen (secondary N) is 1. The Bertz CT molecular complexity index is 639. The highest BCUT2D eigenvalue weighted by Gasteiger charge is 2.51. The highest BCUT2D eigenvalue weighted by molar-refractivity contribution is 5.73. The van der Waals surface area contributed by atoms with Crippen molar-refractivity contribution in [3.05, 3.63) is 0 Å². The first-order valence-corrected chi connectivity index (χ1v) is 11.7. The van der Waals surface area contributed by atoms with Gasteiger partial charge in [0.2, 0.25) is 5.91 Å². The molecule has 0 radical (unpaired) electrons. The molecule has 1 N–H and O–H groups in total. The van der Waals surface area contributed by atoms with E-state index in [1.807, 2.05) is 0 Å². The van der Waals surface area contributed by atoms with Crippen LogP contribution >= 0.6 is 0 Å². The largest absolute Gasteiger partial charge is 0.463 e. The quantitative estimate of drug-likeness (QED) is 0.230. The predicted octanol–water partition coefficient (Wildman–Crippen LogP) is 2.41. The minimum absolute atomic E-state index is 0.241. The fraction of sp³-hybridized carbons (Fsp3) is 0.826. The lowest BCUT2D eigenvalue weighted by molar-refractivity contribution is -0.277. The van der Waals surface area contributed by atoms with Crippen molar-refractivity contribution in [2.45, 2.75) is 110 Å². The van der Waals surface area contributed by atoms with Crippen molar-refractivity contribution in [3.63, 3.8) is 0 Å². The fourth-order valence-electron chi connectivity index (χ4n) is 3.69. The SMILES string of the molecule is CCCCCCCCCO[C@@H]1O[C@H](COC(C)=O)[C@H](OC(C)=O)[C@@H](OC(C)=O)[C@H]1NC(C)=O. The zero-order chi connectivity index (χ0) is 24.8. The third kappa shape index (κ3) is 11.5. The van der Waals surface area contributed by atoms with E-state index in [9.17, 15) is 19.2 Å². The Morgan fingerprint density at radius 3 is 1.91 bits per heavy atom. The molecule has 0 aromatic carbocycles. The fourth-order valence-corrected chi connectivity index (χ4v) is 3.69. The molecule has 10 nitrogen and oxygen atoms in total. The first kappa shape index (κ1) is 28.8. The summed E-state index contributed by atoms with van der Waals surface area (Å²) in [6.07, 6.45) is 3.54. The van der Waals surface area contributed by atoms with Crippen molar-refractivity contribution in [3.8, 4) is 0 Å². The molecule has 0 bridgehead atoms. The van der Waals surface area contributed by atoms with Gasteiger partial charge in [0.25, 0.3) is 0 Å². The van der Waals surface area contributed by atoms with E-state index in [1.54, 1.807) is 0 Å². The first-order valence-electron chi connectivity index (χ1n) is 11.7. The summed E-state index contributed by atoms with van der Waals surface area (Å²) < 4.78 is 27.7.